The lowest BCUT2D eigenvalue weighted by Crippen LogP contribution is -2.23. The van der Waals surface area contributed by atoms with Gasteiger partial charge >= 0.3 is 11.7 Å². The number of halogens is 5. The van der Waals surface area contributed by atoms with Crippen molar-refractivity contribution >= 4 is 23.2 Å². The number of ether oxygens (including phenoxy) is 1. The Labute approximate surface area is 126 Å². The monoisotopic (exact) mass is 338 g/mol. The van der Waals surface area contributed by atoms with Gasteiger partial charge in [0.2, 0.25) is 5.75 Å². The van der Waals surface area contributed by atoms with E-state index in [9.17, 15) is 18.0 Å². The smallest absolute Gasteiger partial charge is 0.416 e. The van der Waals surface area contributed by atoms with Crippen molar-refractivity contribution in [2.24, 2.45) is 0 Å². The summed E-state index contributed by atoms with van der Waals surface area (Å²) in [6.45, 7) is 0. The number of methoxy groups -OCH3 is 1. The van der Waals surface area contributed by atoms with Crippen molar-refractivity contribution in [2.75, 3.05) is 7.11 Å². The number of benzene rings is 1. The van der Waals surface area contributed by atoms with Crippen LogP contribution in [0.1, 0.15) is 5.56 Å². The average molecular weight is 339 g/mol. The fourth-order valence-electron chi connectivity index (χ4n) is 1.63. The van der Waals surface area contributed by atoms with Gasteiger partial charge in [0, 0.05) is 0 Å². The molecule has 21 heavy (non-hydrogen) atoms. The van der Waals surface area contributed by atoms with E-state index in [0.717, 1.165) is 23.0 Å². The van der Waals surface area contributed by atoms with E-state index in [0.29, 0.717) is 6.07 Å². The number of nitrogens with zero attached hydrogens (tertiary/aromatic N) is 2. The number of rotatable bonds is 2. The Morgan fingerprint density at radius 2 is 1.90 bits per heavy atom. The standard InChI is InChI=1S/C12H7Cl2F3N2O2/c1-21-10-8(14)5-18-19(11(10)20)9-3-2-6(4-7(9)13)12(15,16)17/h2-5H,1H3. The van der Waals surface area contributed by atoms with E-state index < -0.39 is 17.3 Å². The van der Waals surface area contributed by atoms with Crippen LogP contribution in [0.15, 0.2) is 29.2 Å². The molecular weight excluding hydrogens is 332 g/mol. The SMILES string of the molecule is COc1c(Cl)cnn(-c2ccc(C(F)(F)F)cc2Cl)c1=O. The molecule has 0 aliphatic carbocycles. The quantitative estimate of drug-likeness (QED) is 0.840. The van der Waals surface area contributed by atoms with Gasteiger partial charge in [-0.25, -0.2) is 0 Å². The molecule has 0 N–H and O–H groups in total. The molecule has 2 aromatic rings. The minimum atomic E-state index is -4.53. The van der Waals surface area contributed by atoms with Gasteiger partial charge in [-0.3, -0.25) is 4.79 Å². The zero-order chi connectivity index (χ0) is 15.8. The average Bonchev–Trinajstić information content (AvgIpc) is 2.39. The fraction of sp³-hybridized carbons (Fsp3) is 0.167. The summed E-state index contributed by atoms with van der Waals surface area (Å²) in [5, 5.41) is 3.45. The van der Waals surface area contributed by atoms with Crippen molar-refractivity contribution in [3.63, 3.8) is 0 Å². The summed E-state index contributed by atoms with van der Waals surface area (Å²) >= 11 is 11.5. The second-order valence-electron chi connectivity index (χ2n) is 3.91. The van der Waals surface area contributed by atoms with Gasteiger partial charge in [-0.2, -0.15) is 23.0 Å². The molecule has 0 unspecified atom stereocenters. The highest BCUT2D eigenvalue weighted by Gasteiger charge is 2.31. The van der Waals surface area contributed by atoms with Crippen LogP contribution in [0.25, 0.3) is 5.69 Å². The molecule has 0 spiro atoms. The van der Waals surface area contributed by atoms with Crippen LogP contribution in [0.4, 0.5) is 13.2 Å². The molecule has 1 aromatic heterocycles. The van der Waals surface area contributed by atoms with E-state index in [4.69, 9.17) is 27.9 Å². The van der Waals surface area contributed by atoms with Gasteiger partial charge in [0.15, 0.2) is 0 Å². The number of alkyl halides is 3. The molecule has 0 amide bonds. The molecule has 9 heteroatoms. The first kappa shape index (κ1) is 15.7. The summed E-state index contributed by atoms with van der Waals surface area (Å²) in [4.78, 5) is 12.1. The normalized spacial score (nSPS) is 11.5. The van der Waals surface area contributed by atoms with Crippen LogP contribution >= 0.6 is 23.2 Å². The van der Waals surface area contributed by atoms with Crippen LogP contribution in [0.2, 0.25) is 10.0 Å². The predicted molar refractivity (Wildman–Crippen MR) is 71.4 cm³/mol. The largest absolute Gasteiger partial charge is 0.490 e. The van der Waals surface area contributed by atoms with E-state index >= 15 is 0 Å². The van der Waals surface area contributed by atoms with E-state index in [-0.39, 0.29) is 21.5 Å². The molecule has 2 rings (SSSR count). The van der Waals surface area contributed by atoms with Crippen molar-refractivity contribution in [3.05, 3.63) is 50.4 Å². The van der Waals surface area contributed by atoms with Gasteiger partial charge in [0.05, 0.1) is 29.6 Å². The number of aromatic nitrogens is 2. The summed E-state index contributed by atoms with van der Waals surface area (Å²) in [7, 11) is 1.24. The van der Waals surface area contributed by atoms with Gasteiger partial charge in [0.1, 0.15) is 5.02 Å². The number of hydrogen-bond acceptors (Lipinski definition) is 3. The Hall–Kier alpha value is -1.73. The topological polar surface area (TPSA) is 44.1 Å². The second-order valence-corrected chi connectivity index (χ2v) is 4.72. The maximum atomic E-state index is 12.6. The minimum Gasteiger partial charge on any atom is -0.490 e. The van der Waals surface area contributed by atoms with Crippen LogP contribution < -0.4 is 10.3 Å². The molecule has 0 aliphatic rings. The first-order chi connectivity index (χ1) is 9.75. The highest BCUT2D eigenvalue weighted by atomic mass is 35.5. The summed E-state index contributed by atoms with van der Waals surface area (Å²) in [6, 6.07) is 2.56. The molecule has 0 fully saturated rings. The third-order valence-corrected chi connectivity index (χ3v) is 3.17. The Morgan fingerprint density at radius 3 is 2.43 bits per heavy atom. The molecule has 1 heterocycles. The van der Waals surface area contributed by atoms with Crippen LogP contribution in [0, 0.1) is 0 Å². The molecule has 112 valence electrons. The molecule has 0 saturated carbocycles. The summed E-state index contributed by atoms with van der Waals surface area (Å²) in [5.41, 5.74) is -1.67. The maximum Gasteiger partial charge on any atom is 0.416 e. The van der Waals surface area contributed by atoms with Crippen molar-refractivity contribution in [2.45, 2.75) is 6.18 Å². The van der Waals surface area contributed by atoms with Crippen molar-refractivity contribution in [1.29, 1.82) is 0 Å². The zero-order valence-electron chi connectivity index (χ0n) is 10.4. The Balaban J connectivity index is 2.61. The van der Waals surface area contributed by atoms with Gasteiger partial charge < -0.3 is 4.74 Å². The Bertz CT molecular complexity index is 744. The van der Waals surface area contributed by atoms with Crippen LogP contribution in [0.5, 0.6) is 5.75 Å². The number of hydrogen-bond donors (Lipinski definition) is 0. The van der Waals surface area contributed by atoms with Crippen molar-refractivity contribution < 1.29 is 17.9 Å². The summed E-state index contributed by atoms with van der Waals surface area (Å²) < 4.78 is 43.4. The van der Waals surface area contributed by atoms with Crippen molar-refractivity contribution in [3.8, 4) is 11.4 Å². The van der Waals surface area contributed by atoms with Crippen LogP contribution in [0.3, 0.4) is 0 Å². The molecular formula is C12H7Cl2F3N2O2. The minimum absolute atomic E-state index is 0.00960. The fourth-order valence-corrected chi connectivity index (χ4v) is 2.09. The van der Waals surface area contributed by atoms with Gasteiger partial charge in [-0.05, 0) is 18.2 Å². The lowest BCUT2D eigenvalue weighted by molar-refractivity contribution is -0.137. The third kappa shape index (κ3) is 2.98. The van der Waals surface area contributed by atoms with E-state index in [1.165, 1.54) is 7.11 Å². The molecule has 1 aromatic carbocycles. The van der Waals surface area contributed by atoms with Gasteiger partial charge in [-0.1, -0.05) is 23.2 Å². The highest BCUT2D eigenvalue weighted by molar-refractivity contribution is 6.32. The molecule has 0 radical (unpaired) electrons. The third-order valence-electron chi connectivity index (χ3n) is 2.60. The lowest BCUT2D eigenvalue weighted by atomic mass is 10.2. The molecule has 0 aliphatic heterocycles. The Morgan fingerprint density at radius 1 is 1.24 bits per heavy atom. The molecule has 0 bridgehead atoms. The first-order valence-electron chi connectivity index (χ1n) is 5.44. The van der Waals surface area contributed by atoms with Gasteiger partial charge in [0.25, 0.3) is 0 Å². The Kier molecular flexibility index (Phi) is 4.15. The van der Waals surface area contributed by atoms with E-state index in [1.54, 1.807) is 0 Å². The van der Waals surface area contributed by atoms with Crippen LogP contribution in [-0.2, 0) is 6.18 Å². The highest BCUT2D eigenvalue weighted by Crippen LogP contribution is 2.33. The molecule has 0 atom stereocenters. The maximum absolute atomic E-state index is 12.6. The second kappa shape index (κ2) is 5.57. The summed E-state index contributed by atoms with van der Waals surface area (Å²) in [5.74, 6) is -0.178. The van der Waals surface area contributed by atoms with E-state index in [2.05, 4.69) is 5.10 Å². The first-order valence-corrected chi connectivity index (χ1v) is 6.20. The lowest BCUT2D eigenvalue weighted by Gasteiger charge is -2.11. The van der Waals surface area contributed by atoms with E-state index in [1.807, 2.05) is 0 Å². The van der Waals surface area contributed by atoms with Crippen molar-refractivity contribution in [1.82, 2.24) is 9.78 Å². The molecule has 0 saturated heterocycles. The predicted octanol–water partition coefficient (Wildman–Crippen LogP) is 3.57. The summed E-state index contributed by atoms with van der Waals surface area (Å²) in [6.07, 6.45) is -3.39. The zero-order valence-corrected chi connectivity index (χ0v) is 11.9. The molecule has 4 nitrogen and oxygen atoms in total. The van der Waals surface area contributed by atoms with Crippen LogP contribution in [-0.4, -0.2) is 16.9 Å². The van der Waals surface area contributed by atoms with Gasteiger partial charge in [-0.15, -0.1) is 0 Å².